The predicted octanol–water partition coefficient (Wildman–Crippen LogP) is 2.45. The van der Waals surface area contributed by atoms with Gasteiger partial charge in [0.1, 0.15) is 0 Å². The number of nitrogens with one attached hydrogen (secondary N) is 1. The molecule has 68 valence electrons. The molecule has 0 saturated carbocycles. The summed E-state index contributed by atoms with van der Waals surface area (Å²) in [7, 11) is 0. The zero-order valence-corrected chi connectivity index (χ0v) is 7.80. The van der Waals surface area contributed by atoms with Crippen LogP contribution in [0, 0.1) is 0 Å². The smallest absolute Gasteiger partial charge is 0.0387 e. The summed E-state index contributed by atoms with van der Waals surface area (Å²) in [5.74, 6) is 0. The van der Waals surface area contributed by atoms with Gasteiger partial charge in [-0.25, -0.2) is 0 Å². The van der Waals surface area contributed by atoms with Crippen LogP contribution in [0.2, 0.25) is 0 Å². The summed E-state index contributed by atoms with van der Waals surface area (Å²) in [6, 6.07) is 3.90. The molecule has 0 spiro atoms. The van der Waals surface area contributed by atoms with Crippen molar-refractivity contribution < 1.29 is 0 Å². The number of aromatic nitrogens is 1. The van der Waals surface area contributed by atoms with Gasteiger partial charge in [-0.1, -0.05) is 13.2 Å². The van der Waals surface area contributed by atoms with Crippen LogP contribution < -0.4 is 5.73 Å². The van der Waals surface area contributed by atoms with Crippen molar-refractivity contribution >= 4 is 6.08 Å². The quantitative estimate of drug-likeness (QED) is 0.679. The van der Waals surface area contributed by atoms with E-state index in [4.69, 9.17) is 5.73 Å². The van der Waals surface area contributed by atoms with Gasteiger partial charge in [0.05, 0.1) is 0 Å². The molecule has 0 aliphatic rings. The standard InChI is InChI=1S/C11H14N2/c1-8(2)11(9(3)12)7-10-5-4-6-13-10/h4-7,13H,1,3,12H2,2H3/b11-7+. The third-order valence-electron chi connectivity index (χ3n) is 1.73. The van der Waals surface area contributed by atoms with E-state index in [1.54, 1.807) is 0 Å². The van der Waals surface area contributed by atoms with Gasteiger partial charge in [-0.2, -0.15) is 0 Å². The van der Waals surface area contributed by atoms with Gasteiger partial charge in [-0.3, -0.25) is 0 Å². The average Bonchev–Trinajstić information content (AvgIpc) is 2.50. The zero-order valence-electron chi connectivity index (χ0n) is 7.80. The van der Waals surface area contributed by atoms with Crippen molar-refractivity contribution in [3.63, 3.8) is 0 Å². The van der Waals surface area contributed by atoms with Crippen molar-refractivity contribution in [3.05, 3.63) is 54.0 Å². The monoisotopic (exact) mass is 174 g/mol. The van der Waals surface area contributed by atoms with E-state index < -0.39 is 0 Å². The zero-order chi connectivity index (χ0) is 9.84. The fourth-order valence-corrected chi connectivity index (χ4v) is 1.08. The third-order valence-corrected chi connectivity index (χ3v) is 1.73. The van der Waals surface area contributed by atoms with Crippen molar-refractivity contribution in [1.82, 2.24) is 4.98 Å². The molecule has 0 atom stereocenters. The van der Waals surface area contributed by atoms with E-state index in [-0.39, 0.29) is 0 Å². The molecule has 2 nitrogen and oxygen atoms in total. The lowest BCUT2D eigenvalue weighted by atomic mass is 10.1. The van der Waals surface area contributed by atoms with Crippen molar-refractivity contribution in [3.8, 4) is 0 Å². The number of nitrogens with two attached hydrogens (primary N) is 1. The second kappa shape index (κ2) is 3.81. The number of rotatable bonds is 3. The van der Waals surface area contributed by atoms with Gasteiger partial charge < -0.3 is 10.7 Å². The number of aromatic amines is 1. The summed E-state index contributed by atoms with van der Waals surface area (Å²) in [5.41, 5.74) is 8.97. The average molecular weight is 174 g/mol. The summed E-state index contributed by atoms with van der Waals surface area (Å²) >= 11 is 0. The molecule has 0 unspecified atom stereocenters. The molecule has 2 heteroatoms. The van der Waals surface area contributed by atoms with E-state index in [1.807, 2.05) is 31.3 Å². The molecule has 3 N–H and O–H groups in total. The van der Waals surface area contributed by atoms with E-state index >= 15 is 0 Å². The number of allylic oxidation sites excluding steroid dienone is 1. The molecule has 0 bridgehead atoms. The highest BCUT2D eigenvalue weighted by atomic mass is 14.7. The highest BCUT2D eigenvalue weighted by Gasteiger charge is 1.99. The Morgan fingerprint density at radius 1 is 1.54 bits per heavy atom. The van der Waals surface area contributed by atoms with Gasteiger partial charge in [0.25, 0.3) is 0 Å². The van der Waals surface area contributed by atoms with Crippen molar-refractivity contribution in [1.29, 1.82) is 0 Å². The summed E-state index contributed by atoms with van der Waals surface area (Å²) < 4.78 is 0. The molecule has 1 aromatic heterocycles. The van der Waals surface area contributed by atoms with Gasteiger partial charge in [-0.05, 0) is 30.7 Å². The van der Waals surface area contributed by atoms with E-state index in [9.17, 15) is 0 Å². The largest absolute Gasteiger partial charge is 0.399 e. The van der Waals surface area contributed by atoms with Gasteiger partial charge in [-0.15, -0.1) is 0 Å². The van der Waals surface area contributed by atoms with Crippen LogP contribution in [0.4, 0.5) is 0 Å². The predicted molar refractivity (Wildman–Crippen MR) is 56.9 cm³/mol. The van der Waals surface area contributed by atoms with E-state index in [0.29, 0.717) is 5.70 Å². The Balaban J connectivity index is 3.01. The maximum absolute atomic E-state index is 5.62. The van der Waals surface area contributed by atoms with Gasteiger partial charge in [0.15, 0.2) is 0 Å². The second-order valence-corrected chi connectivity index (χ2v) is 2.99. The van der Waals surface area contributed by atoms with Crippen molar-refractivity contribution in [2.45, 2.75) is 6.92 Å². The minimum absolute atomic E-state index is 0.544. The first kappa shape index (κ1) is 9.39. The first-order valence-electron chi connectivity index (χ1n) is 4.07. The second-order valence-electron chi connectivity index (χ2n) is 2.99. The van der Waals surface area contributed by atoms with Gasteiger partial charge in [0.2, 0.25) is 0 Å². The molecule has 1 aromatic rings. The molecule has 1 rings (SSSR count). The van der Waals surface area contributed by atoms with Gasteiger partial charge >= 0.3 is 0 Å². The highest BCUT2D eigenvalue weighted by Crippen LogP contribution is 2.15. The molecule has 0 aromatic carbocycles. The Labute approximate surface area is 78.5 Å². The SMILES string of the molecule is C=C(C)/C(=C\c1ccc[nH]1)C(=C)N. The number of H-pyrrole nitrogens is 1. The highest BCUT2D eigenvalue weighted by molar-refractivity contribution is 5.61. The molecule has 1 heterocycles. The molecule has 0 aliphatic heterocycles. The van der Waals surface area contributed by atoms with Crippen LogP contribution in [-0.2, 0) is 0 Å². The van der Waals surface area contributed by atoms with E-state index in [1.165, 1.54) is 0 Å². The molecule has 0 amide bonds. The van der Waals surface area contributed by atoms with Gasteiger partial charge in [0, 0.05) is 23.2 Å². The van der Waals surface area contributed by atoms with Crippen molar-refractivity contribution in [2.75, 3.05) is 0 Å². The molecule has 13 heavy (non-hydrogen) atoms. The Morgan fingerprint density at radius 2 is 2.23 bits per heavy atom. The van der Waals surface area contributed by atoms with Crippen LogP contribution in [-0.4, -0.2) is 4.98 Å². The Hall–Kier alpha value is -1.70. The minimum Gasteiger partial charge on any atom is -0.399 e. The number of hydrogen-bond donors (Lipinski definition) is 2. The Bertz CT molecular complexity index is 326. The lowest BCUT2D eigenvalue weighted by molar-refractivity contribution is 1.30. The minimum atomic E-state index is 0.544. The first-order chi connectivity index (χ1) is 6.11. The van der Waals surface area contributed by atoms with Crippen molar-refractivity contribution in [2.24, 2.45) is 5.73 Å². The third kappa shape index (κ3) is 2.37. The Kier molecular flexibility index (Phi) is 2.75. The molecular weight excluding hydrogens is 160 g/mol. The first-order valence-corrected chi connectivity index (χ1v) is 4.07. The maximum Gasteiger partial charge on any atom is 0.0387 e. The van der Waals surface area contributed by atoms with Crippen LogP contribution in [0.15, 0.2) is 48.3 Å². The Morgan fingerprint density at radius 3 is 2.62 bits per heavy atom. The molecule has 0 radical (unpaired) electrons. The normalized spacial score (nSPS) is 11.3. The summed E-state index contributed by atoms with van der Waals surface area (Å²) in [6.45, 7) is 9.44. The lowest BCUT2D eigenvalue weighted by Gasteiger charge is -2.04. The van der Waals surface area contributed by atoms with Crippen LogP contribution in [0.3, 0.4) is 0 Å². The van der Waals surface area contributed by atoms with E-state index in [2.05, 4.69) is 18.1 Å². The van der Waals surface area contributed by atoms with Crippen LogP contribution in [0.1, 0.15) is 12.6 Å². The fraction of sp³-hybridized carbons (Fsp3) is 0.0909. The molecular formula is C11H14N2. The number of hydrogen-bond acceptors (Lipinski definition) is 1. The topological polar surface area (TPSA) is 41.8 Å². The molecule has 0 aliphatic carbocycles. The summed E-state index contributed by atoms with van der Waals surface area (Å²) in [6.07, 6.45) is 3.80. The van der Waals surface area contributed by atoms with Crippen LogP contribution >= 0.6 is 0 Å². The van der Waals surface area contributed by atoms with Crippen LogP contribution in [0.25, 0.3) is 6.08 Å². The lowest BCUT2D eigenvalue weighted by Crippen LogP contribution is -1.99. The summed E-state index contributed by atoms with van der Waals surface area (Å²) in [4.78, 5) is 3.06. The molecule has 0 fully saturated rings. The fourth-order valence-electron chi connectivity index (χ4n) is 1.08. The van der Waals surface area contributed by atoms with E-state index in [0.717, 1.165) is 16.8 Å². The molecule has 0 saturated heterocycles. The maximum atomic E-state index is 5.62. The van der Waals surface area contributed by atoms with Crippen LogP contribution in [0.5, 0.6) is 0 Å². The summed E-state index contributed by atoms with van der Waals surface area (Å²) in [5, 5.41) is 0.